The van der Waals surface area contributed by atoms with E-state index in [0.717, 1.165) is 30.6 Å². The summed E-state index contributed by atoms with van der Waals surface area (Å²) in [6.07, 6.45) is 0.693. The van der Waals surface area contributed by atoms with Crippen LogP contribution in [0.2, 0.25) is 0 Å². The topological polar surface area (TPSA) is 99.6 Å². The average molecular weight is 552 g/mol. The highest BCUT2D eigenvalue weighted by atomic mass is 16.5. The van der Waals surface area contributed by atoms with Gasteiger partial charge in [0.05, 0.1) is 5.92 Å². The minimum atomic E-state index is -1.12. The van der Waals surface area contributed by atoms with Crippen molar-refractivity contribution in [3.05, 3.63) is 59.7 Å². The van der Waals surface area contributed by atoms with E-state index in [1.54, 1.807) is 18.7 Å². The van der Waals surface area contributed by atoms with Gasteiger partial charge in [-0.1, -0.05) is 44.2 Å². The molecule has 40 heavy (non-hydrogen) atoms. The molecule has 2 heterocycles. The summed E-state index contributed by atoms with van der Waals surface area (Å²) >= 11 is 0. The van der Waals surface area contributed by atoms with Crippen molar-refractivity contribution in [3.8, 4) is 5.75 Å². The Morgan fingerprint density at radius 1 is 0.975 bits per heavy atom. The quantitative estimate of drug-likeness (QED) is 0.473. The summed E-state index contributed by atoms with van der Waals surface area (Å²) in [5.74, 6) is 0.453. The number of ether oxygens (including phenoxy) is 2. The van der Waals surface area contributed by atoms with Crippen molar-refractivity contribution in [2.24, 2.45) is 5.92 Å². The Balaban J connectivity index is 1.33. The Morgan fingerprint density at radius 2 is 1.65 bits per heavy atom. The van der Waals surface area contributed by atoms with Crippen molar-refractivity contribution in [1.29, 1.82) is 0 Å². The van der Waals surface area contributed by atoms with E-state index in [1.807, 2.05) is 36.4 Å². The zero-order chi connectivity index (χ0) is 28.9. The summed E-state index contributed by atoms with van der Waals surface area (Å²) in [6, 6.07) is 15.8. The molecular formula is C31H41N3O6. The van der Waals surface area contributed by atoms with E-state index in [1.165, 1.54) is 10.5 Å². The second kappa shape index (κ2) is 12.6. The zero-order valence-electron chi connectivity index (χ0n) is 24.0. The molecule has 1 N–H and O–H groups in total. The van der Waals surface area contributed by atoms with Crippen LogP contribution in [0.3, 0.4) is 0 Å². The van der Waals surface area contributed by atoms with E-state index in [-0.39, 0.29) is 37.5 Å². The van der Waals surface area contributed by atoms with E-state index >= 15 is 0 Å². The van der Waals surface area contributed by atoms with Crippen LogP contribution in [0.1, 0.15) is 57.6 Å². The molecule has 2 aromatic carbocycles. The van der Waals surface area contributed by atoms with Crippen LogP contribution in [0.25, 0.3) is 0 Å². The van der Waals surface area contributed by atoms with Gasteiger partial charge in [-0.05, 0) is 55.9 Å². The normalized spacial score (nSPS) is 18.0. The highest BCUT2D eigenvalue weighted by molar-refractivity contribution is 5.85. The Morgan fingerprint density at radius 3 is 2.30 bits per heavy atom. The lowest BCUT2D eigenvalue weighted by Gasteiger charge is -2.37. The van der Waals surface area contributed by atoms with Crippen LogP contribution in [0.15, 0.2) is 48.5 Å². The molecule has 1 atom stereocenters. The maximum absolute atomic E-state index is 13.2. The highest BCUT2D eigenvalue weighted by Crippen LogP contribution is 2.29. The molecule has 0 saturated carbocycles. The second-order valence-electron chi connectivity index (χ2n) is 11.5. The molecule has 4 rings (SSSR count). The molecule has 2 fully saturated rings. The first kappa shape index (κ1) is 29.2. The number of anilines is 1. The van der Waals surface area contributed by atoms with Crippen LogP contribution < -0.4 is 9.64 Å². The lowest BCUT2D eigenvalue weighted by atomic mass is 9.97. The first-order chi connectivity index (χ1) is 19.0. The molecular weight excluding hydrogens is 510 g/mol. The molecule has 9 nitrogen and oxygen atoms in total. The van der Waals surface area contributed by atoms with Gasteiger partial charge in [-0.15, -0.1) is 0 Å². The van der Waals surface area contributed by atoms with E-state index in [2.05, 4.69) is 30.9 Å². The van der Waals surface area contributed by atoms with Gasteiger partial charge >= 0.3 is 12.1 Å². The third kappa shape index (κ3) is 7.25. The van der Waals surface area contributed by atoms with Gasteiger partial charge in [-0.25, -0.2) is 4.79 Å². The molecule has 2 saturated heterocycles. The van der Waals surface area contributed by atoms with Gasteiger partial charge in [0.1, 0.15) is 12.4 Å². The standard InChI is InChI=1S/C31H41N3O6/c1-22(2)24-12-10-23(11-13-24)21-39-28(35)25-7-6-14-34(20-25)26-8-5-9-27(19-26)40-31(3,4)29(36)32-15-17-33(18-16-32)30(37)38/h5,8-13,19,22,25H,6-7,14-18,20-21H2,1-4H3,(H,37,38)/t25-/m1/s1. The second-order valence-corrected chi connectivity index (χ2v) is 11.5. The first-order valence-corrected chi connectivity index (χ1v) is 14.1. The number of hydrogen-bond acceptors (Lipinski definition) is 6. The third-order valence-electron chi connectivity index (χ3n) is 7.69. The number of amides is 2. The lowest BCUT2D eigenvalue weighted by Crippen LogP contribution is -2.56. The summed E-state index contributed by atoms with van der Waals surface area (Å²) < 4.78 is 11.8. The molecule has 9 heteroatoms. The minimum Gasteiger partial charge on any atom is -0.478 e. The Hall–Kier alpha value is -3.75. The van der Waals surface area contributed by atoms with Crippen LogP contribution >= 0.6 is 0 Å². The SMILES string of the molecule is CC(C)c1ccc(COC(=O)[C@@H]2CCCN(c3cccc(OC(C)(C)C(=O)N4CCN(C(=O)O)CC4)c3)C2)cc1. The van der Waals surface area contributed by atoms with Crippen molar-refractivity contribution in [2.75, 3.05) is 44.2 Å². The van der Waals surface area contributed by atoms with Crippen molar-refractivity contribution in [1.82, 2.24) is 9.80 Å². The summed E-state index contributed by atoms with van der Waals surface area (Å²) in [7, 11) is 0. The van der Waals surface area contributed by atoms with E-state index < -0.39 is 11.7 Å². The zero-order valence-corrected chi connectivity index (χ0v) is 24.0. The fourth-order valence-electron chi connectivity index (χ4n) is 5.24. The van der Waals surface area contributed by atoms with Crippen molar-refractivity contribution >= 4 is 23.7 Å². The first-order valence-electron chi connectivity index (χ1n) is 14.1. The van der Waals surface area contributed by atoms with Crippen molar-refractivity contribution < 1.29 is 29.0 Å². The molecule has 0 unspecified atom stereocenters. The molecule has 216 valence electrons. The van der Waals surface area contributed by atoms with Crippen molar-refractivity contribution in [3.63, 3.8) is 0 Å². The molecule has 0 aliphatic carbocycles. The number of carbonyl (C=O) groups is 3. The number of esters is 1. The van der Waals surface area contributed by atoms with Crippen molar-refractivity contribution in [2.45, 2.75) is 58.7 Å². The van der Waals surface area contributed by atoms with Crippen LogP contribution in [0.5, 0.6) is 5.75 Å². The molecule has 2 aliphatic rings. The molecule has 2 aromatic rings. The minimum absolute atomic E-state index is 0.178. The molecule has 0 bridgehead atoms. The van der Waals surface area contributed by atoms with Gasteiger partial charge in [0.2, 0.25) is 0 Å². The van der Waals surface area contributed by atoms with Crippen LogP contribution in [-0.2, 0) is 20.9 Å². The highest BCUT2D eigenvalue weighted by Gasteiger charge is 2.36. The lowest BCUT2D eigenvalue weighted by molar-refractivity contribution is -0.150. The van der Waals surface area contributed by atoms with Gasteiger partial charge in [0, 0.05) is 51.0 Å². The van der Waals surface area contributed by atoms with E-state index in [4.69, 9.17) is 14.6 Å². The van der Waals surface area contributed by atoms with E-state index in [9.17, 15) is 14.4 Å². The summed E-state index contributed by atoms with van der Waals surface area (Å²) in [5, 5.41) is 9.16. The number of carbonyl (C=O) groups excluding carboxylic acids is 2. The molecule has 0 spiro atoms. The Bertz CT molecular complexity index is 1190. The fraction of sp³-hybridized carbons (Fsp3) is 0.516. The molecule has 2 aliphatic heterocycles. The summed E-state index contributed by atoms with van der Waals surface area (Å²) in [6.45, 7) is 10.7. The van der Waals surface area contributed by atoms with Gasteiger partial charge in [0.25, 0.3) is 5.91 Å². The van der Waals surface area contributed by atoms with Gasteiger partial charge in [-0.3, -0.25) is 9.59 Å². The third-order valence-corrected chi connectivity index (χ3v) is 7.69. The number of carboxylic acid groups (broad SMARTS) is 1. The van der Waals surface area contributed by atoms with Crippen LogP contribution in [-0.4, -0.2) is 77.7 Å². The van der Waals surface area contributed by atoms with Gasteiger partial charge < -0.3 is 29.3 Å². The number of rotatable bonds is 8. The Kier molecular flexibility index (Phi) is 9.22. The summed E-state index contributed by atoms with van der Waals surface area (Å²) in [4.78, 5) is 42.4. The fourth-order valence-corrected chi connectivity index (χ4v) is 5.24. The Labute approximate surface area is 236 Å². The van der Waals surface area contributed by atoms with Crippen LogP contribution in [0.4, 0.5) is 10.5 Å². The van der Waals surface area contributed by atoms with Gasteiger partial charge in [-0.2, -0.15) is 0 Å². The number of benzene rings is 2. The maximum Gasteiger partial charge on any atom is 0.407 e. The van der Waals surface area contributed by atoms with Crippen LogP contribution in [0, 0.1) is 5.92 Å². The molecule has 2 amide bonds. The predicted molar refractivity (Wildman–Crippen MR) is 153 cm³/mol. The maximum atomic E-state index is 13.2. The molecule has 0 radical (unpaired) electrons. The number of hydrogen-bond donors (Lipinski definition) is 1. The largest absolute Gasteiger partial charge is 0.478 e. The smallest absolute Gasteiger partial charge is 0.407 e. The number of piperazine rings is 1. The number of nitrogens with zero attached hydrogens (tertiary/aromatic N) is 3. The van der Waals surface area contributed by atoms with E-state index in [0.29, 0.717) is 31.3 Å². The predicted octanol–water partition coefficient (Wildman–Crippen LogP) is 4.75. The summed E-state index contributed by atoms with van der Waals surface area (Å²) in [5.41, 5.74) is 2.05. The van der Waals surface area contributed by atoms with Gasteiger partial charge in [0.15, 0.2) is 5.60 Å². The molecule has 0 aromatic heterocycles. The monoisotopic (exact) mass is 551 g/mol. The average Bonchev–Trinajstić information content (AvgIpc) is 2.95. The number of piperidine rings is 1.